The number of aromatic nitrogens is 2. The van der Waals surface area contributed by atoms with Gasteiger partial charge in [-0.05, 0) is 55.4 Å². The minimum absolute atomic E-state index is 0.290. The van der Waals surface area contributed by atoms with E-state index < -0.39 is 29.1 Å². The first-order valence-corrected chi connectivity index (χ1v) is 11.4. The molecular formula is C26H26F3N5O2. The summed E-state index contributed by atoms with van der Waals surface area (Å²) in [6.45, 7) is 2.83. The molecule has 2 aromatic carbocycles. The predicted octanol–water partition coefficient (Wildman–Crippen LogP) is 4.10. The molecule has 2 aliphatic rings. The number of benzene rings is 2. The van der Waals surface area contributed by atoms with Gasteiger partial charge in [-0.2, -0.15) is 0 Å². The first-order chi connectivity index (χ1) is 17.2. The number of likely N-dealkylation sites (tertiary alicyclic amines) is 1. The van der Waals surface area contributed by atoms with E-state index in [4.69, 9.17) is 9.57 Å². The average molecular weight is 498 g/mol. The number of rotatable bonds is 5. The highest BCUT2D eigenvalue weighted by Crippen LogP contribution is 2.42. The fraction of sp³-hybridized carbons (Fsp3) is 0.308. The van der Waals surface area contributed by atoms with Crippen LogP contribution in [-0.4, -0.2) is 65.6 Å². The van der Waals surface area contributed by atoms with Gasteiger partial charge in [-0.25, -0.2) is 18.2 Å². The molecule has 0 amide bonds. The lowest BCUT2D eigenvalue weighted by Crippen LogP contribution is -2.57. The van der Waals surface area contributed by atoms with Crippen molar-refractivity contribution in [1.82, 2.24) is 19.4 Å². The van der Waals surface area contributed by atoms with Crippen molar-refractivity contribution in [3.8, 4) is 11.4 Å². The summed E-state index contributed by atoms with van der Waals surface area (Å²) in [4.78, 5) is 13.9. The zero-order chi connectivity index (χ0) is 25.6. The van der Waals surface area contributed by atoms with Crippen LogP contribution < -0.4 is 4.74 Å². The number of imidazole rings is 1. The molecule has 10 heteroatoms. The van der Waals surface area contributed by atoms with Gasteiger partial charge in [-0.1, -0.05) is 17.3 Å². The van der Waals surface area contributed by atoms with Gasteiger partial charge in [-0.15, -0.1) is 0 Å². The monoisotopic (exact) mass is 497 g/mol. The summed E-state index contributed by atoms with van der Waals surface area (Å²) >= 11 is 0. The van der Waals surface area contributed by atoms with E-state index in [-0.39, 0.29) is 5.56 Å². The van der Waals surface area contributed by atoms with Gasteiger partial charge in [-0.3, -0.25) is 4.90 Å². The lowest BCUT2D eigenvalue weighted by molar-refractivity contribution is -0.0391. The molecule has 0 aliphatic carbocycles. The van der Waals surface area contributed by atoms with Crippen LogP contribution in [0, 0.1) is 24.4 Å². The smallest absolute Gasteiger partial charge is 0.194 e. The van der Waals surface area contributed by atoms with E-state index in [9.17, 15) is 13.2 Å². The second-order valence-corrected chi connectivity index (χ2v) is 9.16. The maximum Gasteiger partial charge on any atom is 0.194 e. The van der Waals surface area contributed by atoms with Crippen molar-refractivity contribution in [3.05, 3.63) is 83.2 Å². The Bertz CT molecular complexity index is 1350. The van der Waals surface area contributed by atoms with Crippen LogP contribution >= 0.6 is 0 Å². The quantitative estimate of drug-likeness (QED) is 0.497. The van der Waals surface area contributed by atoms with Crippen molar-refractivity contribution >= 4 is 11.9 Å². The normalized spacial score (nSPS) is 22.0. The molecule has 36 heavy (non-hydrogen) atoms. The third-order valence-corrected chi connectivity index (χ3v) is 6.84. The van der Waals surface area contributed by atoms with Gasteiger partial charge >= 0.3 is 0 Å². The topological polar surface area (TPSA) is 55.1 Å². The Morgan fingerprint density at radius 2 is 1.86 bits per heavy atom. The molecule has 0 N–H and O–H groups in total. The number of halogens is 3. The molecule has 1 fully saturated rings. The number of methoxy groups -OCH3 is 1. The maximum atomic E-state index is 14.2. The van der Waals surface area contributed by atoms with Crippen molar-refractivity contribution in [2.24, 2.45) is 5.16 Å². The standard InChI is InChI=1S/C26H26F3N5O2/c1-16-12-34(15-30-16)21-7-5-17(9-22(21)35-4)6-8-24-31-36-23-13-32(2)14-26(23,33(24)3)18-10-19(27)25(29)20(28)11-18/h5-12,15,23H,13-14H2,1-4H3/b8-6+/t23?,26-/m0/s1. The van der Waals surface area contributed by atoms with Gasteiger partial charge < -0.3 is 19.0 Å². The molecule has 0 bridgehead atoms. The third-order valence-electron chi connectivity index (χ3n) is 6.84. The number of likely N-dealkylation sites (N-methyl/N-ethyl adjacent to an activating group) is 2. The fourth-order valence-electron chi connectivity index (χ4n) is 4.99. The minimum atomic E-state index is -1.49. The van der Waals surface area contributed by atoms with Crippen molar-refractivity contribution in [2.75, 3.05) is 34.3 Å². The second-order valence-electron chi connectivity index (χ2n) is 9.16. The second kappa shape index (κ2) is 9.02. The molecule has 3 heterocycles. The van der Waals surface area contributed by atoms with Crippen LogP contribution in [0.4, 0.5) is 13.2 Å². The van der Waals surface area contributed by atoms with Crippen LogP contribution in [0.2, 0.25) is 0 Å². The third kappa shape index (κ3) is 3.91. The van der Waals surface area contributed by atoms with E-state index >= 15 is 0 Å². The molecule has 3 aromatic rings. The van der Waals surface area contributed by atoms with Crippen LogP contribution in [0.25, 0.3) is 11.8 Å². The Balaban J connectivity index is 1.47. The Kier molecular flexibility index (Phi) is 5.99. The van der Waals surface area contributed by atoms with E-state index in [1.54, 1.807) is 26.6 Å². The summed E-state index contributed by atoms with van der Waals surface area (Å²) < 4.78 is 49.6. The number of hydrogen-bond donors (Lipinski definition) is 0. The minimum Gasteiger partial charge on any atom is -0.495 e. The molecule has 5 rings (SSSR count). The Labute approximate surface area is 207 Å². The summed E-state index contributed by atoms with van der Waals surface area (Å²) in [5.41, 5.74) is 1.93. The van der Waals surface area contributed by atoms with Crippen molar-refractivity contribution < 1.29 is 22.7 Å². The number of fused-ring (bicyclic) bond motifs is 1. The number of nitrogens with zero attached hydrogens (tertiary/aromatic N) is 5. The summed E-state index contributed by atoms with van der Waals surface area (Å²) in [7, 11) is 5.28. The SMILES string of the molecule is COc1cc(/C=C/C2=NOC3CN(C)C[C@@]3(c3cc(F)c(F)c(F)c3)N2C)ccc1-n1cnc(C)c1. The van der Waals surface area contributed by atoms with Gasteiger partial charge in [0.25, 0.3) is 0 Å². The number of ether oxygens (including phenoxy) is 1. The molecule has 188 valence electrons. The average Bonchev–Trinajstić information content (AvgIpc) is 3.45. The van der Waals surface area contributed by atoms with E-state index in [2.05, 4.69) is 10.1 Å². The van der Waals surface area contributed by atoms with Crippen LogP contribution in [-0.2, 0) is 10.4 Å². The molecular weight excluding hydrogens is 471 g/mol. The predicted molar refractivity (Wildman–Crippen MR) is 129 cm³/mol. The molecule has 2 atom stereocenters. The van der Waals surface area contributed by atoms with Gasteiger partial charge in [0, 0.05) is 26.3 Å². The lowest BCUT2D eigenvalue weighted by Gasteiger charge is -2.45. The van der Waals surface area contributed by atoms with Gasteiger partial charge in [0.05, 0.1) is 24.8 Å². The highest BCUT2D eigenvalue weighted by Gasteiger charge is 2.55. The van der Waals surface area contributed by atoms with E-state index in [0.29, 0.717) is 24.7 Å². The summed E-state index contributed by atoms with van der Waals surface area (Å²) in [6, 6.07) is 7.83. The van der Waals surface area contributed by atoms with Crippen molar-refractivity contribution in [1.29, 1.82) is 0 Å². The van der Waals surface area contributed by atoms with Gasteiger partial charge in [0.15, 0.2) is 29.4 Å². The van der Waals surface area contributed by atoms with E-state index in [1.807, 2.05) is 58.8 Å². The molecule has 0 radical (unpaired) electrons. The van der Waals surface area contributed by atoms with Crippen molar-refractivity contribution in [2.45, 2.75) is 18.6 Å². The zero-order valence-corrected chi connectivity index (χ0v) is 20.4. The molecule has 7 nitrogen and oxygen atoms in total. The molecule has 1 unspecified atom stereocenters. The lowest BCUT2D eigenvalue weighted by atomic mass is 9.84. The molecule has 1 saturated heterocycles. The summed E-state index contributed by atoms with van der Waals surface area (Å²) in [6.07, 6.45) is 6.75. The van der Waals surface area contributed by atoms with E-state index in [1.165, 1.54) is 0 Å². The van der Waals surface area contributed by atoms with Gasteiger partial charge in [0.2, 0.25) is 0 Å². The van der Waals surface area contributed by atoms with Crippen LogP contribution in [0.3, 0.4) is 0 Å². The summed E-state index contributed by atoms with van der Waals surface area (Å²) in [5.74, 6) is -2.84. The van der Waals surface area contributed by atoms with Crippen LogP contribution in [0.1, 0.15) is 16.8 Å². The van der Waals surface area contributed by atoms with Crippen LogP contribution in [0.5, 0.6) is 5.75 Å². The molecule has 0 spiro atoms. The molecule has 0 saturated carbocycles. The Hall–Kier alpha value is -3.79. The van der Waals surface area contributed by atoms with E-state index in [0.717, 1.165) is 29.1 Å². The maximum absolute atomic E-state index is 14.2. The fourth-order valence-corrected chi connectivity index (χ4v) is 4.99. The number of amidine groups is 1. The highest BCUT2D eigenvalue weighted by molar-refractivity contribution is 5.97. The first kappa shape index (κ1) is 23.9. The number of oxime groups is 1. The largest absolute Gasteiger partial charge is 0.495 e. The Morgan fingerprint density at radius 3 is 2.53 bits per heavy atom. The number of hydrogen-bond acceptors (Lipinski definition) is 6. The first-order valence-electron chi connectivity index (χ1n) is 11.4. The van der Waals surface area contributed by atoms with Gasteiger partial charge in [0.1, 0.15) is 11.3 Å². The molecule has 2 aliphatic heterocycles. The summed E-state index contributed by atoms with van der Waals surface area (Å²) in [5, 5.41) is 4.27. The van der Waals surface area contributed by atoms with Crippen LogP contribution in [0.15, 0.2) is 54.1 Å². The van der Waals surface area contributed by atoms with Crippen molar-refractivity contribution in [3.63, 3.8) is 0 Å². The highest BCUT2D eigenvalue weighted by atomic mass is 19.2. The Morgan fingerprint density at radius 1 is 1.11 bits per heavy atom. The molecule has 1 aromatic heterocycles. The zero-order valence-electron chi connectivity index (χ0n) is 20.4. The number of aryl methyl sites for hydroxylation is 1.